The Bertz CT molecular complexity index is 669. The van der Waals surface area contributed by atoms with Crippen molar-refractivity contribution in [1.29, 1.82) is 0 Å². The van der Waals surface area contributed by atoms with Gasteiger partial charge in [0.05, 0.1) is 30.7 Å². The molecule has 4 N–H and O–H groups in total. The molecule has 172 valence electrons. The fraction of sp³-hybridized carbons (Fsp3) is 0.739. The van der Waals surface area contributed by atoms with Gasteiger partial charge >= 0.3 is 41.5 Å². The van der Waals surface area contributed by atoms with Crippen LogP contribution in [0.5, 0.6) is 0 Å². The average molecular weight is 449 g/mol. The van der Waals surface area contributed by atoms with Gasteiger partial charge in [-0.05, 0) is 43.1 Å². The van der Waals surface area contributed by atoms with Gasteiger partial charge in [0.15, 0.2) is 0 Å². The largest absolute Gasteiger partial charge is 1.00 e. The summed E-state index contributed by atoms with van der Waals surface area (Å²) in [5, 5.41) is 39.1. The monoisotopic (exact) mass is 448 g/mol. The van der Waals surface area contributed by atoms with Crippen LogP contribution in [0, 0.1) is 23.7 Å². The van der Waals surface area contributed by atoms with Crippen molar-refractivity contribution in [3.8, 4) is 0 Å². The van der Waals surface area contributed by atoms with Gasteiger partial charge in [0, 0.05) is 12.3 Å². The summed E-state index contributed by atoms with van der Waals surface area (Å²) in [5.41, 5.74) is 0.958. The number of hydrogen-bond acceptors (Lipinski definition) is 6. The van der Waals surface area contributed by atoms with Gasteiger partial charge in [0.2, 0.25) is 0 Å². The smallest absolute Gasteiger partial charge is 1.00 e. The maximum atomic E-state index is 12.4. The predicted molar refractivity (Wildman–Crippen MR) is 113 cm³/mol. The molecule has 0 fully saturated rings. The number of carboxylic acids is 1. The topological polar surface area (TPSA) is 124 Å². The van der Waals surface area contributed by atoms with E-state index < -0.39 is 30.4 Å². The molecule has 8 heteroatoms. The van der Waals surface area contributed by atoms with Gasteiger partial charge in [0.1, 0.15) is 6.10 Å². The first-order valence-corrected chi connectivity index (χ1v) is 11.0. The number of hydrogen-bond donors (Lipinski definition) is 4. The van der Waals surface area contributed by atoms with Crippen molar-refractivity contribution < 1.29 is 65.7 Å². The van der Waals surface area contributed by atoms with Crippen LogP contribution in [-0.2, 0) is 14.3 Å². The minimum atomic E-state index is -1.10. The Labute approximate surface area is 208 Å². The number of allylic oxidation sites excluding steroid dienone is 2. The number of carboxylic acid groups (broad SMARTS) is 1. The van der Waals surface area contributed by atoms with Crippen molar-refractivity contribution in [1.82, 2.24) is 0 Å². The zero-order valence-electron chi connectivity index (χ0n) is 20.1. The molecule has 7 nitrogen and oxygen atoms in total. The van der Waals surface area contributed by atoms with E-state index in [2.05, 4.69) is 13.0 Å². The van der Waals surface area contributed by atoms with Gasteiger partial charge in [0.25, 0.3) is 0 Å². The van der Waals surface area contributed by atoms with Crippen LogP contribution in [0.1, 0.15) is 60.7 Å². The standard InChI is InChI=1S/C23H36O7.Na.H/c1-4-13(2)23(29)30-20-11-17(25)9-15-6-5-14(3)19(22(15)20)8-7-16(24)10-18(26)12-21(27)28;;/h5-6,9,13-14,16-20,22,24-26H,4,7-8,10-12H2,1-3H3,(H,27,28);;/q;+1;-1/t13-,14+,16+,17+,18+,19-,20-,22-;;/m0../s1. The molecule has 31 heavy (non-hydrogen) atoms. The zero-order chi connectivity index (χ0) is 22.4. The van der Waals surface area contributed by atoms with Crippen molar-refractivity contribution in [2.75, 3.05) is 0 Å². The Morgan fingerprint density at radius 1 is 1.29 bits per heavy atom. The molecule has 0 unspecified atom stereocenters. The first-order chi connectivity index (χ1) is 14.1. The molecular weight excluding hydrogens is 411 g/mol. The maximum Gasteiger partial charge on any atom is 1.00 e. The van der Waals surface area contributed by atoms with Crippen LogP contribution in [0.4, 0.5) is 0 Å². The van der Waals surface area contributed by atoms with Gasteiger partial charge in [-0.25, -0.2) is 0 Å². The Morgan fingerprint density at radius 3 is 2.58 bits per heavy atom. The summed E-state index contributed by atoms with van der Waals surface area (Å²) in [5.74, 6) is -1.31. The number of aliphatic hydroxyl groups excluding tert-OH is 3. The second-order valence-corrected chi connectivity index (χ2v) is 8.88. The van der Waals surface area contributed by atoms with E-state index in [4.69, 9.17) is 9.84 Å². The maximum absolute atomic E-state index is 12.4. The number of fused-ring (bicyclic) bond motifs is 1. The van der Waals surface area contributed by atoms with E-state index in [0.29, 0.717) is 25.7 Å². The van der Waals surface area contributed by atoms with Crippen molar-refractivity contribution in [3.05, 3.63) is 23.8 Å². The molecule has 0 spiro atoms. The molecule has 2 aliphatic rings. The third-order valence-electron chi connectivity index (χ3n) is 6.44. The first-order valence-electron chi connectivity index (χ1n) is 11.0. The third kappa shape index (κ3) is 8.30. The van der Waals surface area contributed by atoms with E-state index >= 15 is 0 Å². The summed E-state index contributed by atoms with van der Waals surface area (Å²) in [4.78, 5) is 23.1. The Hall–Kier alpha value is -0.700. The van der Waals surface area contributed by atoms with Crippen LogP contribution in [0.25, 0.3) is 0 Å². The second-order valence-electron chi connectivity index (χ2n) is 8.88. The number of rotatable bonds is 10. The van der Waals surface area contributed by atoms with Crippen LogP contribution >= 0.6 is 0 Å². The normalized spacial score (nSPS) is 30.3. The molecule has 0 aromatic carbocycles. The van der Waals surface area contributed by atoms with Crippen LogP contribution in [-0.4, -0.2) is 56.8 Å². The average Bonchev–Trinajstić information content (AvgIpc) is 2.65. The Balaban J connectivity index is 0.00000480. The number of aliphatic hydroxyl groups is 3. The Morgan fingerprint density at radius 2 is 1.97 bits per heavy atom. The molecule has 2 rings (SSSR count). The summed E-state index contributed by atoms with van der Waals surface area (Å²) in [7, 11) is 0. The summed E-state index contributed by atoms with van der Waals surface area (Å²) < 4.78 is 5.84. The van der Waals surface area contributed by atoms with Gasteiger partial charge < -0.3 is 26.6 Å². The van der Waals surface area contributed by atoms with Crippen LogP contribution < -0.4 is 29.6 Å². The molecule has 0 aliphatic heterocycles. The number of aliphatic carboxylic acids is 1. The van der Waals surface area contributed by atoms with Crippen LogP contribution in [0.3, 0.4) is 0 Å². The second kappa shape index (κ2) is 13.1. The third-order valence-corrected chi connectivity index (χ3v) is 6.44. The van der Waals surface area contributed by atoms with E-state index in [1.807, 2.05) is 26.0 Å². The van der Waals surface area contributed by atoms with Gasteiger partial charge in [-0.1, -0.05) is 39.0 Å². The molecule has 8 atom stereocenters. The molecule has 2 aliphatic carbocycles. The molecule has 0 saturated carbocycles. The molecular formula is C23H37NaO7. The van der Waals surface area contributed by atoms with E-state index in [0.717, 1.165) is 5.57 Å². The summed E-state index contributed by atoms with van der Waals surface area (Å²) >= 11 is 0. The summed E-state index contributed by atoms with van der Waals surface area (Å²) in [6.07, 6.45) is 4.64. The molecule has 0 saturated heterocycles. The quantitative estimate of drug-likeness (QED) is 0.264. The van der Waals surface area contributed by atoms with Gasteiger partial charge in [-0.15, -0.1) is 0 Å². The molecule has 0 radical (unpaired) electrons. The number of esters is 1. The summed E-state index contributed by atoms with van der Waals surface area (Å²) in [6.45, 7) is 5.85. The van der Waals surface area contributed by atoms with Crippen molar-refractivity contribution >= 4 is 11.9 Å². The van der Waals surface area contributed by atoms with Crippen molar-refractivity contribution in [2.24, 2.45) is 23.7 Å². The minimum absolute atomic E-state index is 0. The number of carbonyl (C=O) groups excluding carboxylic acids is 1. The fourth-order valence-electron chi connectivity index (χ4n) is 4.52. The first kappa shape index (κ1) is 28.3. The molecule has 0 amide bonds. The van der Waals surface area contributed by atoms with E-state index in [1.54, 1.807) is 0 Å². The number of ether oxygens (including phenoxy) is 1. The Kier molecular flexibility index (Phi) is 12.0. The van der Waals surface area contributed by atoms with Crippen LogP contribution in [0.15, 0.2) is 23.8 Å². The molecule has 0 bridgehead atoms. The van der Waals surface area contributed by atoms with Crippen LogP contribution in [0.2, 0.25) is 0 Å². The van der Waals surface area contributed by atoms with Gasteiger partial charge in [-0.2, -0.15) is 0 Å². The van der Waals surface area contributed by atoms with E-state index in [9.17, 15) is 24.9 Å². The predicted octanol–water partition coefficient (Wildman–Crippen LogP) is -0.443. The van der Waals surface area contributed by atoms with E-state index in [-0.39, 0.29) is 73.5 Å². The number of carbonyl (C=O) groups is 2. The van der Waals surface area contributed by atoms with Crippen molar-refractivity contribution in [2.45, 2.75) is 83.7 Å². The zero-order valence-corrected chi connectivity index (χ0v) is 21.1. The molecule has 0 aromatic rings. The molecule has 0 aromatic heterocycles. The van der Waals surface area contributed by atoms with E-state index in [1.165, 1.54) is 0 Å². The summed E-state index contributed by atoms with van der Waals surface area (Å²) in [6, 6.07) is 0. The fourth-order valence-corrected chi connectivity index (χ4v) is 4.52. The molecule has 0 heterocycles. The SMILES string of the molecule is CC[C@H](C)C(=O)O[C@H]1C[C@H](O)C=C2C=C[C@@H](C)[C@H](CC[C@@H](O)C[C@@H](O)CC(=O)O)[C@H]21.[H-].[Na+]. The van der Waals surface area contributed by atoms with Gasteiger partial charge in [-0.3, -0.25) is 9.59 Å². The minimum Gasteiger partial charge on any atom is -1.00 e. The van der Waals surface area contributed by atoms with Crippen molar-refractivity contribution in [3.63, 3.8) is 0 Å².